The minimum atomic E-state index is -4.51. The van der Waals surface area contributed by atoms with Gasteiger partial charge in [0.1, 0.15) is 0 Å². The Balaban J connectivity index is 2.39. The zero-order valence-electron chi connectivity index (χ0n) is 10.7. The first kappa shape index (κ1) is 14.4. The van der Waals surface area contributed by atoms with Crippen molar-refractivity contribution in [3.8, 4) is 0 Å². The number of hydrogen-bond acceptors (Lipinski definition) is 2. The smallest absolute Gasteiger partial charge is 0.417 e. The quantitative estimate of drug-likeness (QED) is 0.865. The van der Waals surface area contributed by atoms with Crippen molar-refractivity contribution in [2.24, 2.45) is 0 Å². The zero-order chi connectivity index (χ0) is 14.8. The molecule has 0 amide bonds. The molecule has 1 heterocycles. The van der Waals surface area contributed by atoms with Gasteiger partial charge in [-0.05, 0) is 36.6 Å². The van der Waals surface area contributed by atoms with E-state index < -0.39 is 17.7 Å². The lowest BCUT2D eigenvalue weighted by Gasteiger charge is -2.20. The van der Waals surface area contributed by atoms with Gasteiger partial charge in [0.15, 0.2) is 0 Å². The second-order valence-corrected chi connectivity index (χ2v) is 4.64. The molecule has 1 aliphatic heterocycles. The van der Waals surface area contributed by atoms with Gasteiger partial charge in [-0.15, -0.1) is 0 Å². The van der Waals surface area contributed by atoms with Crippen LogP contribution in [0.3, 0.4) is 0 Å². The third kappa shape index (κ3) is 3.31. The summed E-state index contributed by atoms with van der Waals surface area (Å²) in [6.07, 6.45) is -0.878. The maximum absolute atomic E-state index is 13.0. The molecule has 1 aromatic carbocycles. The van der Waals surface area contributed by atoms with Gasteiger partial charge in [0.25, 0.3) is 0 Å². The van der Waals surface area contributed by atoms with E-state index >= 15 is 0 Å². The van der Waals surface area contributed by atoms with E-state index in [0.29, 0.717) is 11.8 Å². The first-order valence-electron chi connectivity index (χ1n) is 6.25. The van der Waals surface area contributed by atoms with Crippen molar-refractivity contribution in [3.63, 3.8) is 0 Å². The van der Waals surface area contributed by atoms with E-state index in [1.165, 1.54) is 6.07 Å². The Morgan fingerprint density at radius 3 is 2.45 bits per heavy atom. The summed E-state index contributed by atoms with van der Waals surface area (Å²) >= 11 is 0. The first-order chi connectivity index (χ1) is 9.38. The van der Waals surface area contributed by atoms with Crippen LogP contribution < -0.4 is 4.90 Å². The molecule has 0 unspecified atom stereocenters. The second-order valence-electron chi connectivity index (χ2n) is 4.64. The first-order valence-corrected chi connectivity index (χ1v) is 6.25. The van der Waals surface area contributed by atoms with Crippen LogP contribution in [-0.4, -0.2) is 24.2 Å². The molecule has 0 aliphatic carbocycles. The summed E-state index contributed by atoms with van der Waals surface area (Å²) in [5.41, 5.74) is -0.412. The Morgan fingerprint density at radius 1 is 1.25 bits per heavy atom. The van der Waals surface area contributed by atoms with Gasteiger partial charge in [-0.25, -0.2) is 4.79 Å². The number of aliphatic carboxylic acids is 1. The van der Waals surface area contributed by atoms with E-state index in [-0.39, 0.29) is 5.56 Å². The summed E-state index contributed by atoms with van der Waals surface area (Å²) in [7, 11) is 0. The lowest BCUT2D eigenvalue weighted by molar-refractivity contribution is -0.137. The van der Waals surface area contributed by atoms with Crippen molar-refractivity contribution in [1.29, 1.82) is 0 Å². The highest BCUT2D eigenvalue weighted by molar-refractivity contribution is 5.85. The van der Waals surface area contributed by atoms with Crippen molar-refractivity contribution in [2.75, 3.05) is 18.0 Å². The molecule has 0 bridgehead atoms. The van der Waals surface area contributed by atoms with Crippen LogP contribution in [0.15, 0.2) is 24.3 Å². The molecule has 0 atom stereocenters. The van der Waals surface area contributed by atoms with Crippen molar-refractivity contribution in [2.45, 2.75) is 19.0 Å². The number of halogens is 3. The van der Waals surface area contributed by atoms with Crippen LogP contribution in [0.4, 0.5) is 18.9 Å². The Labute approximate surface area is 114 Å². The predicted octanol–water partition coefficient (Wildman–Crippen LogP) is 3.40. The predicted molar refractivity (Wildman–Crippen MR) is 69.6 cm³/mol. The summed E-state index contributed by atoms with van der Waals surface area (Å²) < 4.78 is 39.1. The molecule has 3 nitrogen and oxygen atoms in total. The van der Waals surface area contributed by atoms with E-state index in [0.717, 1.165) is 38.1 Å². The van der Waals surface area contributed by atoms with E-state index in [1.54, 1.807) is 6.07 Å². The molecule has 1 fully saturated rings. The summed E-state index contributed by atoms with van der Waals surface area (Å²) in [6.45, 7) is 1.50. The molecule has 1 saturated heterocycles. The molecule has 0 saturated carbocycles. The van der Waals surface area contributed by atoms with Crippen LogP contribution in [0.25, 0.3) is 6.08 Å². The molecule has 20 heavy (non-hydrogen) atoms. The molecular formula is C14H14F3NO2. The molecule has 1 aromatic rings. The average molecular weight is 285 g/mol. The minimum absolute atomic E-state index is 0.136. The zero-order valence-corrected chi connectivity index (χ0v) is 10.7. The highest BCUT2D eigenvalue weighted by Crippen LogP contribution is 2.35. The Kier molecular flexibility index (Phi) is 4.01. The van der Waals surface area contributed by atoms with Crippen LogP contribution in [0, 0.1) is 0 Å². The topological polar surface area (TPSA) is 40.5 Å². The number of anilines is 1. The maximum atomic E-state index is 13.0. The Hall–Kier alpha value is -1.98. The van der Waals surface area contributed by atoms with Gasteiger partial charge in [-0.2, -0.15) is 13.2 Å². The number of carbonyl (C=O) groups is 1. The number of nitrogens with zero attached hydrogens (tertiary/aromatic N) is 1. The number of hydrogen-bond donors (Lipinski definition) is 1. The molecular weight excluding hydrogens is 271 g/mol. The van der Waals surface area contributed by atoms with Crippen molar-refractivity contribution in [1.82, 2.24) is 0 Å². The number of rotatable bonds is 3. The monoisotopic (exact) mass is 285 g/mol. The van der Waals surface area contributed by atoms with Crippen molar-refractivity contribution in [3.05, 3.63) is 35.4 Å². The number of carboxylic acids is 1. The third-order valence-electron chi connectivity index (χ3n) is 3.22. The molecule has 108 valence electrons. The van der Waals surface area contributed by atoms with Gasteiger partial charge in [-0.1, -0.05) is 6.07 Å². The molecule has 0 spiro atoms. The summed E-state index contributed by atoms with van der Waals surface area (Å²) in [5, 5.41) is 8.52. The normalized spacial score (nSPS) is 16.1. The molecule has 6 heteroatoms. The lowest BCUT2D eigenvalue weighted by Crippen LogP contribution is -2.19. The summed E-state index contributed by atoms with van der Waals surface area (Å²) in [5.74, 6) is -1.28. The third-order valence-corrected chi connectivity index (χ3v) is 3.22. The molecule has 2 rings (SSSR count). The van der Waals surface area contributed by atoms with Crippen molar-refractivity contribution < 1.29 is 23.1 Å². The largest absolute Gasteiger partial charge is 0.478 e. The second kappa shape index (κ2) is 5.56. The molecule has 1 N–H and O–H groups in total. The van der Waals surface area contributed by atoms with E-state index in [4.69, 9.17) is 5.11 Å². The van der Waals surface area contributed by atoms with Crippen molar-refractivity contribution >= 4 is 17.7 Å². The lowest BCUT2D eigenvalue weighted by atomic mass is 10.0. The number of carboxylic acid groups (broad SMARTS) is 1. The van der Waals surface area contributed by atoms with Gasteiger partial charge in [-0.3, -0.25) is 0 Å². The van der Waals surface area contributed by atoms with E-state index in [1.807, 2.05) is 4.90 Å². The van der Waals surface area contributed by atoms with Gasteiger partial charge in [0.05, 0.1) is 5.56 Å². The standard InChI is InChI=1S/C14H14F3NO2/c15-14(16,17)12-9-11(18-7-1-2-8-18)5-3-10(12)4-6-13(19)20/h3-6,9H,1-2,7-8H2,(H,19,20)/b6-4+. The highest BCUT2D eigenvalue weighted by atomic mass is 19.4. The minimum Gasteiger partial charge on any atom is -0.478 e. The molecule has 0 radical (unpaired) electrons. The van der Waals surface area contributed by atoms with E-state index in [2.05, 4.69) is 0 Å². The molecule has 0 aromatic heterocycles. The van der Waals surface area contributed by atoms with Crippen LogP contribution in [0.5, 0.6) is 0 Å². The fraction of sp³-hybridized carbons (Fsp3) is 0.357. The fourth-order valence-electron chi connectivity index (χ4n) is 2.27. The van der Waals surface area contributed by atoms with Gasteiger partial charge >= 0.3 is 12.1 Å². The SMILES string of the molecule is O=C(O)/C=C/c1ccc(N2CCCC2)cc1C(F)(F)F. The number of alkyl halides is 3. The van der Waals surface area contributed by atoms with Crippen LogP contribution in [0.1, 0.15) is 24.0 Å². The number of benzene rings is 1. The summed E-state index contributed by atoms with van der Waals surface area (Å²) in [6, 6.07) is 4.00. The van der Waals surface area contributed by atoms with Gasteiger partial charge in [0.2, 0.25) is 0 Å². The van der Waals surface area contributed by atoms with Crippen LogP contribution in [0.2, 0.25) is 0 Å². The fourth-order valence-corrected chi connectivity index (χ4v) is 2.27. The van der Waals surface area contributed by atoms with Crippen LogP contribution in [-0.2, 0) is 11.0 Å². The Bertz CT molecular complexity index is 532. The highest BCUT2D eigenvalue weighted by Gasteiger charge is 2.33. The van der Waals surface area contributed by atoms with Gasteiger partial charge in [0, 0.05) is 24.9 Å². The van der Waals surface area contributed by atoms with E-state index in [9.17, 15) is 18.0 Å². The average Bonchev–Trinajstić information content (AvgIpc) is 2.88. The van der Waals surface area contributed by atoms with Gasteiger partial charge < -0.3 is 10.0 Å². The van der Waals surface area contributed by atoms with Crippen LogP contribution >= 0.6 is 0 Å². The molecule has 1 aliphatic rings. The maximum Gasteiger partial charge on any atom is 0.417 e. The Morgan fingerprint density at radius 2 is 1.90 bits per heavy atom. The summed E-state index contributed by atoms with van der Waals surface area (Å²) in [4.78, 5) is 12.3.